The molecule has 4 aromatic rings. The Balaban J connectivity index is 1.68. The van der Waals surface area contributed by atoms with Crippen molar-refractivity contribution < 1.29 is 13.9 Å². The zero-order valence-electron chi connectivity index (χ0n) is 19.7. The summed E-state index contributed by atoms with van der Waals surface area (Å²) in [4.78, 5) is 43.7. The van der Waals surface area contributed by atoms with Crippen LogP contribution in [0.4, 0.5) is 4.39 Å². The number of aryl methyl sites for hydroxylation is 1. The molecule has 10 heteroatoms. The van der Waals surface area contributed by atoms with Crippen molar-refractivity contribution in [3.8, 4) is 5.75 Å². The lowest BCUT2D eigenvalue weighted by Crippen LogP contribution is -2.44. The number of carbonyl (C=O) groups excluding carboxylic acids is 1. The maximum atomic E-state index is 14.1. The number of amides is 1. The Morgan fingerprint density at radius 2 is 1.89 bits per heavy atom. The van der Waals surface area contributed by atoms with Crippen molar-refractivity contribution in [1.82, 2.24) is 24.0 Å². The molecule has 0 aliphatic rings. The highest BCUT2D eigenvalue weighted by Gasteiger charge is 2.20. The molecule has 4 rings (SSSR count). The maximum absolute atomic E-state index is 14.1. The van der Waals surface area contributed by atoms with Gasteiger partial charge in [0.15, 0.2) is 22.7 Å². The van der Waals surface area contributed by atoms with Crippen molar-refractivity contribution in [2.75, 3.05) is 7.11 Å². The number of rotatable bonds is 8. The average molecular weight is 480 g/mol. The van der Waals surface area contributed by atoms with E-state index < -0.39 is 35.6 Å². The van der Waals surface area contributed by atoms with E-state index >= 15 is 0 Å². The van der Waals surface area contributed by atoms with Gasteiger partial charge in [-0.15, -0.1) is 0 Å². The fourth-order valence-corrected chi connectivity index (χ4v) is 3.99. The van der Waals surface area contributed by atoms with Crippen LogP contribution < -0.4 is 21.3 Å². The molecule has 1 atom stereocenters. The van der Waals surface area contributed by atoms with Gasteiger partial charge in [-0.25, -0.2) is 18.7 Å². The van der Waals surface area contributed by atoms with E-state index in [0.717, 1.165) is 10.1 Å². The molecule has 0 radical (unpaired) electrons. The van der Waals surface area contributed by atoms with Crippen LogP contribution >= 0.6 is 0 Å². The van der Waals surface area contributed by atoms with E-state index in [-0.39, 0.29) is 23.5 Å². The zero-order valence-corrected chi connectivity index (χ0v) is 19.7. The quantitative estimate of drug-likeness (QED) is 0.419. The van der Waals surface area contributed by atoms with Crippen molar-refractivity contribution in [2.24, 2.45) is 0 Å². The topological polar surface area (TPSA) is 100 Å². The van der Waals surface area contributed by atoms with Crippen LogP contribution in [0.15, 0.2) is 64.4 Å². The first-order valence-electron chi connectivity index (χ1n) is 11.2. The predicted octanol–water partition coefficient (Wildman–Crippen LogP) is 2.45. The summed E-state index contributed by atoms with van der Waals surface area (Å²) in [5, 5.41) is 2.73. The summed E-state index contributed by atoms with van der Waals surface area (Å²) in [5.41, 5.74) is 0.667. The summed E-state index contributed by atoms with van der Waals surface area (Å²) in [5.74, 6) is -1.01. The molecular weight excluding hydrogens is 453 g/mol. The van der Waals surface area contributed by atoms with Gasteiger partial charge in [0.2, 0.25) is 5.91 Å². The Morgan fingerprint density at radius 3 is 2.54 bits per heavy atom. The van der Waals surface area contributed by atoms with E-state index in [9.17, 15) is 18.8 Å². The fraction of sp³-hybridized carbons (Fsp3) is 0.280. The Kier molecular flexibility index (Phi) is 6.81. The number of fused-ring (bicyclic) bond motifs is 1. The molecule has 0 fully saturated rings. The number of methoxy groups -OCH3 is 1. The second kappa shape index (κ2) is 9.96. The van der Waals surface area contributed by atoms with Gasteiger partial charge < -0.3 is 14.6 Å². The van der Waals surface area contributed by atoms with E-state index in [2.05, 4.69) is 10.3 Å². The summed E-state index contributed by atoms with van der Waals surface area (Å²) in [7, 11) is 1.37. The van der Waals surface area contributed by atoms with Gasteiger partial charge in [0, 0.05) is 6.54 Å². The number of halogens is 1. The summed E-state index contributed by atoms with van der Waals surface area (Å²) in [6.07, 6.45) is 1.51. The second-order valence-electron chi connectivity index (χ2n) is 8.13. The number of hydrogen-bond donors (Lipinski definition) is 1. The Morgan fingerprint density at radius 1 is 1.14 bits per heavy atom. The first-order valence-corrected chi connectivity index (χ1v) is 11.2. The largest absolute Gasteiger partial charge is 0.494 e. The van der Waals surface area contributed by atoms with Gasteiger partial charge in [0.1, 0.15) is 6.54 Å². The van der Waals surface area contributed by atoms with Crippen LogP contribution in [0, 0.1) is 5.82 Å². The molecule has 2 heterocycles. The van der Waals surface area contributed by atoms with Crippen LogP contribution in [0.2, 0.25) is 0 Å². The minimum absolute atomic E-state index is 0.0960. The second-order valence-corrected chi connectivity index (χ2v) is 8.13. The van der Waals surface area contributed by atoms with Crippen LogP contribution in [0.1, 0.15) is 31.0 Å². The Labute approximate surface area is 200 Å². The summed E-state index contributed by atoms with van der Waals surface area (Å²) in [6.45, 7) is 3.73. The van der Waals surface area contributed by atoms with E-state index in [4.69, 9.17) is 4.74 Å². The lowest BCUT2D eigenvalue weighted by molar-refractivity contribution is -0.122. The van der Waals surface area contributed by atoms with Gasteiger partial charge in [-0.3, -0.25) is 14.2 Å². The van der Waals surface area contributed by atoms with Crippen LogP contribution in [0.3, 0.4) is 0 Å². The summed E-state index contributed by atoms with van der Waals surface area (Å²) >= 11 is 0. The molecule has 9 nitrogen and oxygen atoms in total. The van der Waals surface area contributed by atoms with Gasteiger partial charge >= 0.3 is 5.69 Å². The molecule has 1 N–H and O–H groups in total. The highest BCUT2D eigenvalue weighted by molar-refractivity contribution is 5.77. The predicted molar refractivity (Wildman–Crippen MR) is 129 cm³/mol. The SMILES string of the molecule is CCn1cnc2c1c(=O)n(CC(=O)N[C@@H](C)c1ccc(OC)c(F)c1)c(=O)n2Cc1ccccc1. The molecule has 2 aromatic heterocycles. The normalized spacial score (nSPS) is 12.0. The fourth-order valence-electron chi connectivity index (χ4n) is 3.99. The number of nitrogens with zero attached hydrogens (tertiary/aromatic N) is 4. The molecule has 0 unspecified atom stereocenters. The number of carbonyl (C=O) groups is 1. The first kappa shape index (κ1) is 23.9. The minimum Gasteiger partial charge on any atom is -0.494 e. The van der Waals surface area contributed by atoms with Gasteiger partial charge in [-0.05, 0) is 37.1 Å². The number of benzene rings is 2. The first-order chi connectivity index (χ1) is 16.8. The standard InChI is InChI=1S/C25H26FN5O4/c1-4-29-15-27-23-22(29)24(33)31(25(34)30(23)13-17-8-6-5-7-9-17)14-21(32)28-16(2)18-10-11-20(35-3)19(26)12-18/h5-12,15-16H,4,13-14H2,1-3H3,(H,28,32)/t16-/m0/s1. The van der Waals surface area contributed by atoms with Crippen molar-refractivity contribution in [2.45, 2.75) is 39.5 Å². The Bertz CT molecular complexity index is 1490. The zero-order chi connectivity index (χ0) is 25.1. The van der Waals surface area contributed by atoms with E-state index in [1.54, 1.807) is 17.6 Å². The lowest BCUT2D eigenvalue weighted by atomic mass is 10.1. The van der Waals surface area contributed by atoms with Crippen LogP contribution in [0.25, 0.3) is 11.2 Å². The third kappa shape index (κ3) is 4.72. The van der Waals surface area contributed by atoms with Gasteiger partial charge in [0.25, 0.3) is 5.56 Å². The molecule has 0 bridgehead atoms. The average Bonchev–Trinajstić information content (AvgIpc) is 3.29. The van der Waals surface area contributed by atoms with Crippen molar-refractivity contribution in [3.05, 3.63) is 92.6 Å². The molecule has 1 amide bonds. The van der Waals surface area contributed by atoms with Crippen molar-refractivity contribution in [1.29, 1.82) is 0 Å². The molecular formula is C25H26FN5O4. The maximum Gasteiger partial charge on any atom is 0.333 e. The number of hydrogen-bond acceptors (Lipinski definition) is 5. The van der Waals surface area contributed by atoms with Crippen LogP contribution in [-0.2, 0) is 24.4 Å². The van der Waals surface area contributed by atoms with Gasteiger partial charge in [-0.1, -0.05) is 36.4 Å². The molecule has 0 saturated carbocycles. The molecule has 0 aliphatic heterocycles. The van der Waals surface area contributed by atoms with E-state index in [1.165, 1.54) is 30.1 Å². The van der Waals surface area contributed by atoms with E-state index in [1.807, 2.05) is 37.3 Å². The third-order valence-corrected chi connectivity index (χ3v) is 5.86. The molecule has 35 heavy (non-hydrogen) atoms. The van der Waals surface area contributed by atoms with Gasteiger partial charge in [0.05, 0.1) is 26.0 Å². The van der Waals surface area contributed by atoms with Gasteiger partial charge in [-0.2, -0.15) is 0 Å². The Hall–Kier alpha value is -4.21. The van der Waals surface area contributed by atoms with Crippen LogP contribution in [0.5, 0.6) is 5.75 Å². The number of aromatic nitrogens is 4. The highest BCUT2D eigenvalue weighted by Crippen LogP contribution is 2.21. The monoisotopic (exact) mass is 479 g/mol. The highest BCUT2D eigenvalue weighted by atomic mass is 19.1. The smallest absolute Gasteiger partial charge is 0.333 e. The van der Waals surface area contributed by atoms with Crippen LogP contribution in [-0.4, -0.2) is 31.7 Å². The molecule has 0 aliphatic carbocycles. The number of imidazole rings is 1. The number of nitrogens with one attached hydrogen (secondary N) is 1. The van der Waals surface area contributed by atoms with E-state index in [0.29, 0.717) is 12.1 Å². The molecule has 2 aromatic carbocycles. The lowest BCUT2D eigenvalue weighted by Gasteiger charge is -2.16. The molecule has 182 valence electrons. The summed E-state index contributed by atoms with van der Waals surface area (Å²) in [6, 6.07) is 13.1. The van der Waals surface area contributed by atoms with Crippen molar-refractivity contribution in [3.63, 3.8) is 0 Å². The molecule has 0 saturated heterocycles. The summed E-state index contributed by atoms with van der Waals surface area (Å²) < 4.78 is 23.0. The number of ether oxygens (including phenoxy) is 1. The minimum atomic E-state index is -0.633. The van der Waals surface area contributed by atoms with Crippen molar-refractivity contribution >= 4 is 17.1 Å². The molecule has 0 spiro atoms. The third-order valence-electron chi connectivity index (χ3n) is 5.86.